The van der Waals surface area contributed by atoms with Gasteiger partial charge in [-0.2, -0.15) is 0 Å². The van der Waals surface area contributed by atoms with Crippen LogP contribution in [0.3, 0.4) is 0 Å². The topological polar surface area (TPSA) is 38.4 Å². The minimum atomic E-state index is 0.738. The first-order valence-electron chi connectivity index (χ1n) is 5.27. The molecule has 0 fully saturated rings. The average Bonchev–Trinajstić information content (AvgIpc) is 2.71. The summed E-state index contributed by atoms with van der Waals surface area (Å²) in [5.74, 6) is 1.51. The quantitative estimate of drug-likeness (QED) is 0.733. The maximum Gasteiger partial charge on any atom is 0.154 e. The normalized spacial score (nSPS) is 10.4. The molecule has 0 unspecified atom stereocenters. The van der Waals surface area contributed by atoms with Crippen LogP contribution in [0.15, 0.2) is 33.8 Å². The molecule has 0 N–H and O–H groups in total. The molecule has 3 nitrogen and oxygen atoms in total. The maximum absolute atomic E-state index is 5.57. The SMILES string of the molecule is C=Nc1cc(-c2ccc(CC)cn2)oc1C. The van der Waals surface area contributed by atoms with Crippen LogP contribution in [0.5, 0.6) is 0 Å². The molecule has 16 heavy (non-hydrogen) atoms. The predicted molar refractivity (Wildman–Crippen MR) is 65.3 cm³/mol. The molecule has 0 aliphatic carbocycles. The molecule has 0 aliphatic rings. The Labute approximate surface area is 94.9 Å². The van der Waals surface area contributed by atoms with Crippen LogP contribution >= 0.6 is 0 Å². The van der Waals surface area contributed by atoms with Gasteiger partial charge in [-0.1, -0.05) is 13.0 Å². The van der Waals surface area contributed by atoms with E-state index in [0.717, 1.165) is 29.3 Å². The van der Waals surface area contributed by atoms with E-state index in [1.807, 2.05) is 25.3 Å². The van der Waals surface area contributed by atoms with Crippen LogP contribution < -0.4 is 0 Å². The fourth-order valence-electron chi connectivity index (χ4n) is 1.54. The van der Waals surface area contributed by atoms with Gasteiger partial charge in [0.2, 0.25) is 0 Å². The van der Waals surface area contributed by atoms with Gasteiger partial charge in [-0.15, -0.1) is 0 Å². The maximum atomic E-state index is 5.57. The highest BCUT2D eigenvalue weighted by atomic mass is 16.3. The van der Waals surface area contributed by atoms with E-state index in [1.54, 1.807) is 0 Å². The van der Waals surface area contributed by atoms with Crippen molar-refractivity contribution in [2.24, 2.45) is 4.99 Å². The Bertz CT molecular complexity index is 497. The number of aromatic nitrogens is 1. The Morgan fingerprint density at radius 1 is 1.44 bits per heavy atom. The van der Waals surface area contributed by atoms with Crippen molar-refractivity contribution in [3.8, 4) is 11.5 Å². The molecular formula is C13H14N2O. The third kappa shape index (κ3) is 1.89. The van der Waals surface area contributed by atoms with Crippen molar-refractivity contribution < 1.29 is 4.42 Å². The van der Waals surface area contributed by atoms with Crippen LogP contribution in [0.2, 0.25) is 0 Å². The van der Waals surface area contributed by atoms with Crippen molar-refractivity contribution in [3.05, 3.63) is 35.7 Å². The highest BCUT2D eigenvalue weighted by Crippen LogP contribution is 2.28. The summed E-state index contributed by atoms with van der Waals surface area (Å²) in [6.07, 6.45) is 2.86. The Kier molecular flexibility index (Phi) is 2.86. The van der Waals surface area contributed by atoms with Gasteiger partial charge in [-0.05, 0) is 31.7 Å². The zero-order valence-corrected chi connectivity index (χ0v) is 9.53. The van der Waals surface area contributed by atoms with E-state index in [-0.39, 0.29) is 0 Å². The van der Waals surface area contributed by atoms with Crippen LogP contribution in [-0.4, -0.2) is 11.7 Å². The first kappa shape index (κ1) is 10.6. The Morgan fingerprint density at radius 2 is 2.25 bits per heavy atom. The number of pyridine rings is 1. The Balaban J connectivity index is 2.38. The van der Waals surface area contributed by atoms with Crippen molar-refractivity contribution in [3.63, 3.8) is 0 Å². The van der Waals surface area contributed by atoms with Gasteiger partial charge in [0, 0.05) is 12.3 Å². The van der Waals surface area contributed by atoms with Crippen LogP contribution in [0, 0.1) is 6.92 Å². The standard InChI is InChI=1S/C13H14N2O/c1-4-10-5-6-11(15-8-10)13-7-12(14-3)9(2)16-13/h5-8H,3-4H2,1-2H3. The van der Waals surface area contributed by atoms with Gasteiger partial charge in [0.25, 0.3) is 0 Å². The van der Waals surface area contributed by atoms with Gasteiger partial charge < -0.3 is 4.42 Å². The first-order valence-corrected chi connectivity index (χ1v) is 5.27. The first-order chi connectivity index (χ1) is 7.74. The summed E-state index contributed by atoms with van der Waals surface area (Å²) in [6, 6.07) is 5.88. The molecule has 2 rings (SSSR count). The molecule has 0 aromatic carbocycles. The molecule has 0 atom stereocenters. The van der Waals surface area contributed by atoms with Gasteiger partial charge in [0.05, 0.1) is 0 Å². The highest BCUT2D eigenvalue weighted by molar-refractivity contribution is 5.61. The van der Waals surface area contributed by atoms with Crippen LogP contribution in [0.4, 0.5) is 5.69 Å². The molecule has 0 saturated heterocycles. The number of hydrogen-bond donors (Lipinski definition) is 0. The molecule has 2 aromatic heterocycles. The minimum absolute atomic E-state index is 0.738. The predicted octanol–water partition coefficient (Wildman–Crippen LogP) is 3.54. The lowest BCUT2D eigenvalue weighted by Gasteiger charge is -1.97. The lowest BCUT2D eigenvalue weighted by molar-refractivity contribution is 0.547. The van der Waals surface area contributed by atoms with E-state index in [0.29, 0.717) is 0 Å². The lowest BCUT2D eigenvalue weighted by atomic mass is 10.2. The second kappa shape index (κ2) is 4.31. The fourth-order valence-corrected chi connectivity index (χ4v) is 1.54. The van der Waals surface area contributed by atoms with Gasteiger partial charge >= 0.3 is 0 Å². The molecule has 0 radical (unpaired) electrons. The molecule has 0 spiro atoms. The van der Waals surface area contributed by atoms with Gasteiger partial charge in [0.1, 0.15) is 17.1 Å². The Hall–Kier alpha value is -1.90. The summed E-state index contributed by atoms with van der Waals surface area (Å²) in [6.45, 7) is 7.47. The Morgan fingerprint density at radius 3 is 2.75 bits per heavy atom. The summed E-state index contributed by atoms with van der Waals surface area (Å²) in [4.78, 5) is 8.23. The smallest absolute Gasteiger partial charge is 0.154 e. The number of hydrogen-bond acceptors (Lipinski definition) is 3. The second-order valence-corrected chi connectivity index (χ2v) is 3.62. The lowest BCUT2D eigenvalue weighted by Crippen LogP contribution is -1.84. The number of aliphatic imine (C=N–C) groups is 1. The summed E-state index contributed by atoms with van der Waals surface area (Å²) in [7, 11) is 0. The summed E-state index contributed by atoms with van der Waals surface area (Å²) in [5.41, 5.74) is 2.82. The third-order valence-corrected chi connectivity index (χ3v) is 2.55. The van der Waals surface area contributed by atoms with Crippen LogP contribution in [-0.2, 0) is 6.42 Å². The molecule has 0 saturated carbocycles. The van der Waals surface area contributed by atoms with E-state index < -0.39 is 0 Å². The molecule has 2 heterocycles. The van der Waals surface area contributed by atoms with Crippen LogP contribution in [0.1, 0.15) is 18.2 Å². The van der Waals surface area contributed by atoms with Crippen LogP contribution in [0.25, 0.3) is 11.5 Å². The summed E-state index contributed by atoms with van der Waals surface area (Å²) in [5, 5.41) is 0. The molecule has 0 aliphatic heterocycles. The van der Waals surface area contributed by atoms with Gasteiger partial charge in [0.15, 0.2) is 5.76 Å². The van der Waals surface area contributed by atoms with E-state index in [1.165, 1.54) is 5.56 Å². The number of aryl methyl sites for hydroxylation is 2. The van der Waals surface area contributed by atoms with E-state index in [9.17, 15) is 0 Å². The number of furan rings is 1. The van der Waals surface area contributed by atoms with Crippen molar-refractivity contribution in [2.45, 2.75) is 20.3 Å². The number of rotatable bonds is 3. The fraction of sp³-hybridized carbons (Fsp3) is 0.231. The molecule has 82 valence electrons. The second-order valence-electron chi connectivity index (χ2n) is 3.62. The third-order valence-electron chi connectivity index (χ3n) is 2.55. The average molecular weight is 214 g/mol. The molecule has 0 amide bonds. The zero-order chi connectivity index (χ0) is 11.5. The van der Waals surface area contributed by atoms with Crippen molar-refractivity contribution in [1.29, 1.82) is 0 Å². The zero-order valence-electron chi connectivity index (χ0n) is 9.53. The molecule has 0 bridgehead atoms. The van der Waals surface area contributed by atoms with Crippen molar-refractivity contribution in [1.82, 2.24) is 4.98 Å². The van der Waals surface area contributed by atoms with Crippen molar-refractivity contribution >= 4 is 12.4 Å². The largest absolute Gasteiger partial charge is 0.457 e. The van der Waals surface area contributed by atoms with Crippen molar-refractivity contribution in [2.75, 3.05) is 0 Å². The van der Waals surface area contributed by atoms with E-state index in [4.69, 9.17) is 4.42 Å². The highest BCUT2D eigenvalue weighted by Gasteiger charge is 2.08. The number of nitrogens with zero attached hydrogens (tertiary/aromatic N) is 2. The summed E-state index contributed by atoms with van der Waals surface area (Å²) >= 11 is 0. The van der Waals surface area contributed by atoms with Gasteiger partial charge in [-0.3, -0.25) is 9.98 Å². The monoisotopic (exact) mass is 214 g/mol. The molecule has 2 aromatic rings. The molecular weight excluding hydrogens is 200 g/mol. The minimum Gasteiger partial charge on any atom is -0.457 e. The van der Waals surface area contributed by atoms with Gasteiger partial charge in [-0.25, -0.2) is 0 Å². The molecule has 3 heteroatoms. The summed E-state index contributed by atoms with van der Waals surface area (Å²) < 4.78 is 5.57. The van der Waals surface area contributed by atoms with E-state index in [2.05, 4.69) is 29.7 Å². The van der Waals surface area contributed by atoms with E-state index >= 15 is 0 Å².